The van der Waals surface area contributed by atoms with Crippen molar-refractivity contribution in [2.24, 2.45) is 0 Å². The normalized spacial score (nSPS) is 15.3. The molecule has 0 saturated carbocycles. The Morgan fingerprint density at radius 3 is 2.41 bits per heavy atom. The van der Waals surface area contributed by atoms with E-state index in [9.17, 15) is 4.79 Å². The number of para-hydroxylation sites is 1. The van der Waals surface area contributed by atoms with Crippen LogP contribution in [0.3, 0.4) is 0 Å². The Kier molecular flexibility index (Phi) is 6.03. The molecule has 0 atom stereocenters. The van der Waals surface area contributed by atoms with E-state index in [2.05, 4.69) is 32.4 Å². The molecule has 0 radical (unpaired) electrons. The number of anilines is 1. The molecule has 1 fully saturated rings. The molecule has 3 aromatic rings. The Morgan fingerprint density at radius 1 is 1.00 bits per heavy atom. The predicted octanol–water partition coefficient (Wildman–Crippen LogP) is 3.41. The minimum atomic E-state index is 0.0222. The highest BCUT2D eigenvalue weighted by atomic mass is 16.5. The summed E-state index contributed by atoms with van der Waals surface area (Å²) in [5.74, 6) is 0.861. The number of hydrogen-bond acceptors (Lipinski definition) is 5. The quantitative estimate of drug-likeness (QED) is 0.699. The number of aryl methyl sites for hydroxylation is 1. The van der Waals surface area contributed by atoms with Gasteiger partial charge in [0.15, 0.2) is 0 Å². The Balaban J connectivity index is 1.30. The lowest BCUT2D eigenvalue weighted by atomic mass is 10.0. The molecule has 6 nitrogen and oxygen atoms in total. The molecule has 150 valence electrons. The van der Waals surface area contributed by atoms with Gasteiger partial charge >= 0.3 is 0 Å². The zero-order valence-corrected chi connectivity index (χ0v) is 16.7. The summed E-state index contributed by atoms with van der Waals surface area (Å²) in [6.45, 7) is 6.67. The first-order valence-corrected chi connectivity index (χ1v) is 9.98. The largest absolute Gasteiger partial charge is 0.361 e. The van der Waals surface area contributed by atoms with Crippen LogP contribution in [0.4, 0.5) is 5.69 Å². The summed E-state index contributed by atoms with van der Waals surface area (Å²) < 4.78 is 5.14. The third-order valence-electron chi connectivity index (χ3n) is 5.18. The average Bonchev–Trinajstić information content (AvgIpc) is 3.15. The van der Waals surface area contributed by atoms with Gasteiger partial charge in [0.25, 0.3) is 0 Å². The van der Waals surface area contributed by atoms with E-state index in [-0.39, 0.29) is 5.91 Å². The maximum atomic E-state index is 12.7. The van der Waals surface area contributed by atoms with E-state index in [1.807, 2.05) is 55.5 Å². The van der Waals surface area contributed by atoms with Gasteiger partial charge < -0.3 is 9.84 Å². The zero-order valence-electron chi connectivity index (χ0n) is 16.7. The minimum Gasteiger partial charge on any atom is -0.361 e. The van der Waals surface area contributed by atoms with Crippen molar-refractivity contribution in [1.29, 1.82) is 0 Å². The number of nitrogens with zero attached hydrogens (tertiary/aromatic N) is 3. The van der Waals surface area contributed by atoms with Crippen molar-refractivity contribution in [2.45, 2.75) is 13.5 Å². The van der Waals surface area contributed by atoms with Gasteiger partial charge in [0.05, 0.1) is 12.2 Å². The van der Waals surface area contributed by atoms with Gasteiger partial charge in [-0.3, -0.25) is 14.6 Å². The van der Waals surface area contributed by atoms with Crippen molar-refractivity contribution in [2.75, 3.05) is 38.0 Å². The fourth-order valence-corrected chi connectivity index (χ4v) is 3.68. The highest BCUT2D eigenvalue weighted by Gasteiger charge is 2.20. The molecule has 0 bridgehead atoms. The van der Waals surface area contributed by atoms with E-state index in [0.29, 0.717) is 6.54 Å². The van der Waals surface area contributed by atoms with Crippen molar-refractivity contribution in [1.82, 2.24) is 15.0 Å². The molecule has 2 heterocycles. The number of carbonyl (C=O) groups excluding carboxylic acids is 1. The van der Waals surface area contributed by atoms with Crippen molar-refractivity contribution in [3.63, 3.8) is 0 Å². The van der Waals surface area contributed by atoms with Crippen LogP contribution in [0.15, 0.2) is 65.2 Å². The molecule has 29 heavy (non-hydrogen) atoms. The first-order valence-electron chi connectivity index (χ1n) is 9.98. The summed E-state index contributed by atoms with van der Waals surface area (Å²) >= 11 is 0. The van der Waals surface area contributed by atoms with Crippen LogP contribution >= 0.6 is 0 Å². The summed E-state index contributed by atoms with van der Waals surface area (Å²) in [4.78, 5) is 17.2. The number of amides is 1. The smallest absolute Gasteiger partial charge is 0.238 e. The SMILES string of the molecule is Cc1cc(CN2CCN(CC(=O)Nc3ccccc3-c3ccccc3)CC2)no1. The molecule has 0 aliphatic carbocycles. The Labute approximate surface area is 171 Å². The Bertz CT molecular complexity index is 946. The fourth-order valence-electron chi connectivity index (χ4n) is 3.68. The second kappa shape index (κ2) is 9.03. The fraction of sp³-hybridized carbons (Fsp3) is 0.304. The van der Waals surface area contributed by atoms with E-state index in [1.54, 1.807) is 0 Å². The maximum absolute atomic E-state index is 12.7. The monoisotopic (exact) mass is 390 g/mol. The van der Waals surface area contributed by atoms with Gasteiger partial charge in [0.1, 0.15) is 5.76 Å². The topological polar surface area (TPSA) is 61.6 Å². The van der Waals surface area contributed by atoms with Crippen LogP contribution in [0.5, 0.6) is 0 Å². The van der Waals surface area contributed by atoms with Gasteiger partial charge in [-0.2, -0.15) is 0 Å². The minimum absolute atomic E-state index is 0.0222. The van der Waals surface area contributed by atoms with Gasteiger partial charge in [-0.05, 0) is 18.6 Å². The summed E-state index contributed by atoms with van der Waals surface area (Å²) in [5, 5.41) is 7.16. The molecule has 1 aliphatic heterocycles. The number of carbonyl (C=O) groups is 1. The lowest BCUT2D eigenvalue weighted by molar-refractivity contribution is -0.117. The second-order valence-corrected chi connectivity index (χ2v) is 7.44. The van der Waals surface area contributed by atoms with Crippen molar-refractivity contribution in [3.8, 4) is 11.1 Å². The summed E-state index contributed by atoms with van der Waals surface area (Å²) in [6, 6.07) is 20.0. The molecule has 6 heteroatoms. The highest BCUT2D eigenvalue weighted by molar-refractivity contribution is 5.96. The Hall–Kier alpha value is -2.96. The van der Waals surface area contributed by atoms with E-state index in [0.717, 1.165) is 61.0 Å². The molecular weight excluding hydrogens is 364 g/mol. The summed E-state index contributed by atoms with van der Waals surface area (Å²) in [7, 11) is 0. The van der Waals surface area contributed by atoms with Gasteiger partial charge in [-0.15, -0.1) is 0 Å². The number of piperazine rings is 1. The number of rotatable bonds is 6. The van der Waals surface area contributed by atoms with Crippen LogP contribution in [0.2, 0.25) is 0 Å². The van der Waals surface area contributed by atoms with E-state index in [1.165, 1.54) is 0 Å². The Morgan fingerprint density at radius 2 is 1.69 bits per heavy atom. The number of hydrogen-bond donors (Lipinski definition) is 1. The van der Waals surface area contributed by atoms with Crippen LogP contribution in [0.25, 0.3) is 11.1 Å². The van der Waals surface area contributed by atoms with Crippen LogP contribution < -0.4 is 5.32 Å². The first kappa shape index (κ1) is 19.4. The van der Waals surface area contributed by atoms with E-state index < -0.39 is 0 Å². The molecular formula is C23H26N4O2. The van der Waals surface area contributed by atoms with Crippen molar-refractivity contribution < 1.29 is 9.32 Å². The standard InChI is InChI=1S/C23H26N4O2/c1-18-15-20(25-29-18)16-26-11-13-27(14-12-26)17-23(28)24-22-10-6-5-9-21(22)19-7-3-2-4-8-19/h2-10,15H,11-14,16-17H2,1H3,(H,24,28). The maximum Gasteiger partial charge on any atom is 0.238 e. The molecule has 1 aliphatic rings. The third kappa shape index (κ3) is 5.10. The number of benzene rings is 2. The van der Waals surface area contributed by atoms with Gasteiger partial charge in [-0.1, -0.05) is 53.7 Å². The van der Waals surface area contributed by atoms with Crippen molar-refractivity contribution >= 4 is 11.6 Å². The van der Waals surface area contributed by atoms with E-state index >= 15 is 0 Å². The summed E-state index contributed by atoms with van der Waals surface area (Å²) in [5.41, 5.74) is 3.95. The lowest BCUT2D eigenvalue weighted by Gasteiger charge is -2.33. The van der Waals surface area contributed by atoms with Gasteiger partial charge in [-0.25, -0.2) is 0 Å². The molecule has 0 unspecified atom stereocenters. The van der Waals surface area contributed by atoms with Gasteiger partial charge in [0, 0.05) is 50.0 Å². The predicted molar refractivity (Wildman–Crippen MR) is 113 cm³/mol. The molecule has 2 aromatic carbocycles. The zero-order chi connectivity index (χ0) is 20.1. The molecule has 4 rings (SSSR count). The third-order valence-corrected chi connectivity index (χ3v) is 5.18. The molecule has 1 saturated heterocycles. The second-order valence-electron chi connectivity index (χ2n) is 7.44. The van der Waals surface area contributed by atoms with Crippen molar-refractivity contribution in [3.05, 3.63) is 72.1 Å². The highest BCUT2D eigenvalue weighted by Crippen LogP contribution is 2.27. The van der Waals surface area contributed by atoms with Crippen LogP contribution in [-0.4, -0.2) is 53.6 Å². The van der Waals surface area contributed by atoms with E-state index in [4.69, 9.17) is 4.52 Å². The average molecular weight is 390 g/mol. The lowest BCUT2D eigenvalue weighted by Crippen LogP contribution is -2.48. The van der Waals surface area contributed by atoms with Crippen LogP contribution in [0, 0.1) is 6.92 Å². The van der Waals surface area contributed by atoms with Crippen LogP contribution in [-0.2, 0) is 11.3 Å². The number of nitrogens with one attached hydrogen (secondary N) is 1. The molecule has 1 N–H and O–H groups in total. The first-order chi connectivity index (χ1) is 14.2. The van der Waals surface area contributed by atoms with Crippen LogP contribution in [0.1, 0.15) is 11.5 Å². The van der Waals surface area contributed by atoms with Gasteiger partial charge in [0.2, 0.25) is 5.91 Å². The number of aromatic nitrogens is 1. The molecule has 1 amide bonds. The summed E-state index contributed by atoms with van der Waals surface area (Å²) in [6.07, 6.45) is 0. The molecule has 1 aromatic heterocycles. The molecule has 0 spiro atoms.